The maximum absolute atomic E-state index is 12.2. The Morgan fingerprint density at radius 2 is 2.08 bits per heavy atom. The molecule has 0 saturated heterocycles. The summed E-state index contributed by atoms with van der Waals surface area (Å²) in [6.45, 7) is 2.66. The minimum atomic E-state index is -0.343. The van der Waals surface area contributed by atoms with E-state index < -0.39 is 0 Å². The molecular weight excluding hydrogens is 344 g/mol. The van der Waals surface area contributed by atoms with Gasteiger partial charge < -0.3 is 18.9 Å². The second-order valence-corrected chi connectivity index (χ2v) is 6.25. The Bertz CT molecular complexity index is 788. The predicted molar refractivity (Wildman–Crippen MR) is 93.0 cm³/mol. The van der Waals surface area contributed by atoms with E-state index in [1.54, 1.807) is 19.2 Å². The molecular formula is C19H19ClO5. The number of benzene rings is 2. The number of methoxy groups -OCH3 is 1. The van der Waals surface area contributed by atoms with Gasteiger partial charge in [0.05, 0.1) is 20.1 Å². The average molecular weight is 363 g/mol. The van der Waals surface area contributed by atoms with Gasteiger partial charge in [0.2, 0.25) is 0 Å². The van der Waals surface area contributed by atoms with E-state index in [0.717, 1.165) is 22.3 Å². The number of hydrogen-bond acceptors (Lipinski definition) is 5. The number of fused-ring (bicyclic) bond motifs is 1. The Labute approximate surface area is 151 Å². The first kappa shape index (κ1) is 17.6. The van der Waals surface area contributed by atoms with Crippen LogP contribution in [0.4, 0.5) is 0 Å². The maximum atomic E-state index is 12.2. The molecule has 132 valence electrons. The van der Waals surface area contributed by atoms with Gasteiger partial charge in [-0.25, -0.2) is 0 Å². The Hall–Kier alpha value is -2.24. The molecule has 1 aliphatic heterocycles. The van der Waals surface area contributed by atoms with Crippen molar-refractivity contribution in [1.29, 1.82) is 0 Å². The zero-order chi connectivity index (χ0) is 17.8. The Kier molecular flexibility index (Phi) is 5.46. The summed E-state index contributed by atoms with van der Waals surface area (Å²) in [4.78, 5) is 12.2. The van der Waals surface area contributed by atoms with E-state index in [1.807, 2.05) is 25.1 Å². The molecule has 0 spiro atoms. The number of rotatable bonds is 5. The van der Waals surface area contributed by atoms with Gasteiger partial charge in [-0.15, -0.1) is 0 Å². The van der Waals surface area contributed by atoms with Gasteiger partial charge in [-0.2, -0.15) is 0 Å². The van der Waals surface area contributed by atoms with Crippen LogP contribution in [0.3, 0.4) is 0 Å². The molecule has 2 aromatic carbocycles. The number of halogens is 1. The van der Waals surface area contributed by atoms with Gasteiger partial charge in [-0.3, -0.25) is 4.79 Å². The van der Waals surface area contributed by atoms with E-state index in [4.69, 9.17) is 30.5 Å². The fourth-order valence-corrected chi connectivity index (χ4v) is 3.04. The van der Waals surface area contributed by atoms with E-state index in [0.29, 0.717) is 23.1 Å². The lowest BCUT2D eigenvalue weighted by molar-refractivity contribution is -0.144. The number of esters is 1. The minimum absolute atomic E-state index is 0.0931. The van der Waals surface area contributed by atoms with Crippen molar-refractivity contribution < 1.29 is 23.7 Å². The van der Waals surface area contributed by atoms with Gasteiger partial charge in [-0.1, -0.05) is 29.3 Å². The van der Waals surface area contributed by atoms with Crippen LogP contribution in [0.2, 0.25) is 5.02 Å². The Morgan fingerprint density at radius 3 is 2.88 bits per heavy atom. The highest BCUT2D eigenvalue weighted by molar-refractivity contribution is 6.30. The quantitative estimate of drug-likeness (QED) is 0.757. The summed E-state index contributed by atoms with van der Waals surface area (Å²) in [7, 11) is 1.58. The number of carbonyl (C=O) groups excluding carboxylic acids is 1. The van der Waals surface area contributed by atoms with Gasteiger partial charge in [0.1, 0.15) is 18.1 Å². The molecule has 0 saturated carbocycles. The van der Waals surface area contributed by atoms with Crippen molar-refractivity contribution in [3.05, 3.63) is 57.6 Å². The standard InChI is InChI=1S/C19H19ClO5/c1-12-3-4-17(22-2)13(5-12)8-18(21)24-10-15-7-16(20)6-14-9-23-11-25-19(14)15/h3-7H,8-11H2,1-2H3. The summed E-state index contributed by atoms with van der Waals surface area (Å²) < 4.78 is 21.5. The molecule has 0 aliphatic carbocycles. The molecule has 0 aromatic heterocycles. The van der Waals surface area contributed by atoms with Crippen molar-refractivity contribution >= 4 is 17.6 Å². The highest BCUT2D eigenvalue weighted by atomic mass is 35.5. The van der Waals surface area contributed by atoms with E-state index in [2.05, 4.69) is 0 Å². The molecule has 0 N–H and O–H groups in total. The van der Waals surface area contributed by atoms with E-state index >= 15 is 0 Å². The zero-order valence-electron chi connectivity index (χ0n) is 14.1. The number of aryl methyl sites for hydroxylation is 1. The number of hydrogen-bond donors (Lipinski definition) is 0. The number of carbonyl (C=O) groups is 1. The summed E-state index contributed by atoms with van der Waals surface area (Å²) >= 11 is 6.12. The molecule has 0 bridgehead atoms. The van der Waals surface area contributed by atoms with Crippen molar-refractivity contribution in [1.82, 2.24) is 0 Å². The van der Waals surface area contributed by atoms with Crippen LogP contribution in [-0.4, -0.2) is 19.9 Å². The van der Waals surface area contributed by atoms with Crippen LogP contribution >= 0.6 is 11.6 Å². The monoisotopic (exact) mass is 362 g/mol. The molecule has 3 rings (SSSR count). The number of ether oxygens (including phenoxy) is 4. The third-order valence-corrected chi connectivity index (χ3v) is 4.13. The lowest BCUT2D eigenvalue weighted by Gasteiger charge is -2.21. The molecule has 1 heterocycles. The van der Waals surface area contributed by atoms with E-state index in [-0.39, 0.29) is 25.8 Å². The van der Waals surface area contributed by atoms with Crippen molar-refractivity contribution in [3.8, 4) is 11.5 Å². The van der Waals surface area contributed by atoms with E-state index in [9.17, 15) is 4.79 Å². The molecule has 6 heteroatoms. The topological polar surface area (TPSA) is 54.0 Å². The van der Waals surface area contributed by atoms with Crippen LogP contribution in [-0.2, 0) is 33.9 Å². The third-order valence-electron chi connectivity index (χ3n) is 3.91. The van der Waals surface area contributed by atoms with Crippen molar-refractivity contribution in [2.75, 3.05) is 13.9 Å². The first-order valence-electron chi connectivity index (χ1n) is 7.88. The van der Waals surface area contributed by atoms with Gasteiger partial charge >= 0.3 is 5.97 Å². The predicted octanol–water partition coefficient (Wildman–Crippen LogP) is 3.81. The second-order valence-electron chi connectivity index (χ2n) is 5.82. The third kappa shape index (κ3) is 4.24. The van der Waals surface area contributed by atoms with Gasteiger partial charge in [0, 0.05) is 21.7 Å². The fraction of sp³-hybridized carbons (Fsp3) is 0.316. The average Bonchev–Trinajstić information content (AvgIpc) is 2.59. The molecule has 0 atom stereocenters. The highest BCUT2D eigenvalue weighted by Gasteiger charge is 2.18. The molecule has 5 nitrogen and oxygen atoms in total. The molecule has 1 aliphatic rings. The molecule has 0 amide bonds. The van der Waals surface area contributed by atoms with Crippen molar-refractivity contribution in [2.45, 2.75) is 26.6 Å². The normalized spacial score (nSPS) is 12.9. The summed E-state index contributed by atoms with van der Waals surface area (Å²) in [6, 6.07) is 9.23. The van der Waals surface area contributed by atoms with Crippen molar-refractivity contribution in [3.63, 3.8) is 0 Å². The summed E-state index contributed by atoms with van der Waals surface area (Å²) in [6.07, 6.45) is 0.136. The zero-order valence-corrected chi connectivity index (χ0v) is 14.9. The molecule has 0 fully saturated rings. The van der Waals surface area contributed by atoms with Gasteiger partial charge in [0.25, 0.3) is 0 Å². The van der Waals surface area contributed by atoms with Crippen LogP contribution in [0.15, 0.2) is 30.3 Å². The first-order chi connectivity index (χ1) is 12.1. The highest BCUT2D eigenvalue weighted by Crippen LogP contribution is 2.32. The lowest BCUT2D eigenvalue weighted by Crippen LogP contribution is -2.15. The smallest absolute Gasteiger partial charge is 0.310 e. The van der Waals surface area contributed by atoms with Crippen LogP contribution in [0.1, 0.15) is 22.3 Å². The second kappa shape index (κ2) is 7.76. The largest absolute Gasteiger partial charge is 0.496 e. The van der Waals surface area contributed by atoms with Gasteiger partial charge in [0.15, 0.2) is 6.79 Å². The summed E-state index contributed by atoms with van der Waals surface area (Å²) in [5.74, 6) is 1.00. The van der Waals surface area contributed by atoms with E-state index in [1.165, 1.54) is 0 Å². The van der Waals surface area contributed by atoms with Gasteiger partial charge in [-0.05, 0) is 25.1 Å². The fourth-order valence-electron chi connectivity index (χ4n) is 2.77. The minimum Gasteiger partial charge on any atom is -0.496 e. The van der Waals surface area contributed by atoms with Crippen LogP contribution in [0.5, 0.6) is 11.5 Å². The molecule has 0 radical (unpaired) electrons. The summed E-state index contributed by atoms with van der Waals surface area (Å²) in [5, 5.41) is 0.555. The maximum Gasteiger partial charge on any atom is 0.310 e. The SMILES string of the molecule is COc1ccc(C)cc1CC(=O)OCc1cc(Cl)cc2c1OCOC2. The Balaban J connectivity index is 1.69. The Morgan fingerprint density at radius 1 is 1.24 bits per heavy atom. The van der Waals surface area contributed by atoms with Crippen LogP contribution in [0, 0.1) is 6.92 Å². The summed E-state index contributed by atoms with van der Waals surface area (Å²) in [5.41, 5.74) is 3.44. The molecule has 2 aromatic rings. The van der Waals surface area contributed by atoms with Crippen LogP contribution in [0.25, 0.3) is 0 Å². The molecule has 0 unspecified atom stereocenters. The molecule has 25 heavy (non-hydrogen) atoms. The first-order valence-corrected chi connectivity index (χ1v) is 8.25. The lowest BCUT2D eigenvalue weighted by atomic mass is 10.1. The van der Waals surface area contributed by atoms with Crippen LogP contribution < -0.4 is 9.47 Å². The van der Waals surface area contributed by atoms with Crippen molar-refractivity contribution in [2.24, 2.45) is 0 Å².